The van der Waals surface area contributed by atoms with Gasteiger partial charge < -0.3 is 0 Å². The van der Waals surface area contributed by atoms with Crippen LogP contribution in [0.15, 0.2) is 0 Å². The third-order valence-electron chi connectivity index (χ3n) is 7.92. The maximum absolute atomic E-state index is 12.1. The van der Waals surface area contributed by atoms with Crippen molar-refractivity contribution in [3.05, 3.63) is 0 Å². The Morgan fingerprint density at radius 3 is 2.42 bits per heavy atom. The first-order valence-electron chi connectivity index (χ1n) is 8.37. The molecule has 2 bridgehead atoms. The van der Waals surface area contributed by atoms with Crippen LogP contribution in [-0.2, 0) is 4.79 Å². The van der Waals surface area contributed by atoms with Crippen LogP contribution in [-0.4, -0.2) is 5.78 Å². The van der Waals surface area contributed by atoms with Crippen LogP contribution in [0.3, 0.4) is 0 Å². The highest BCUT2D eigenvalue weighted by Gasteiger charge is 2.65. The van der Waals surface area contributed by atoms with Crippen LogP contribution in [0.25, 0.3) is 0 Å². The van der Waals surface area contributed by atoms with Crippen molar-refractivity contribution >= 4 is 5.78 Å². The summed E-state index contributed by atoms with van der Waals surface area (Å²) in [5.74, 6) is 2.24. The van der Waals surface area contributed by atoms with Gasteiger partial charge in [0.05, 0.1) is 0 Å². The molecule has 0 spiro atoms. The highest BCUT2D eigenvalue weighted by atomic mass is 16.1. The zero-order valence-corrected chi connectivity index (χ0v) is 13.2. The highest BCUT2D eigenvalue weighted by Crippen LogP contribution is 2.73. The van der Waals surface area contributed by atoms with E-state index in [-0.39, 0.29) is 0 Å². The van der Waals surface area contributed by atoms with Gasteiger partial charge in [0.2, 0.25) is 0 Å². The summed E-state index contributed by atoms with van der Waals surface area (Å²) in [6.45, 7) is 9.87. The molecule has 0 aromatic heterocycles. The van der Waals surface area contributed by atoms with E-state index in [0.29, 0.717) is 22.0 Å². The van der Waals surface area contributed by atoms with Crippen LogP contribution in [0, 0.1) is 28.1 Å². The molecule has 0 aromatic carbocycles. The molecule has 1 nitrogen and oxygen atoms in total. The van der Waals surface area contributed by atoms with Crippen LogP contribution in [0.1, 0.15) is 79.1 Å². The summed E-state index contributed by atoms with van der Waals surface area (Å²) in [7, 11) is 0. The predicted molar refractivity (Wildman–Crippen MR) is 78.9 cm³/mol. The van der Waals surface area contributed by atoms with Gasteiger partial charge >= 0.3 is 0 Å². The van der Waals surface area contributed by atoms with Gasteiger partial charge in [0.1, 0.15) is 5.78 Å². The fourth-order valence-corrected chi connectivity index (χ4v) is 6.18. The van der Waals surface area contributed by atoms with Gasteiger partial charge in [-0.15, -0.1) is 0 Å². The Bertz CT molecular complexity index is 396. The van der Waals surface area contributed by atoms with Crippen molar-refractivity contribution in [1.29, 1.82) is 0 Å². The zero-order valence-electron chi connectivity index (χ0n) is 13.2. The molecule has 0 amide bonds. The predicted octanol–water partition coefficient (Wildman–Crippen LogP) is 4.99. The molecule has 0 aliphatic heterocycles. The topological polar surface area (TPSA) is 17.1 Å². The normalized spacial score (nSPS) is 48.7. The first-order valence-corrected chi connectivity index (χ1v) is 8.37. The van der Waals surface area contributed by atoms with E-state index in [1.165, 1.54) is 32.1 Å². The number of hydrogen-bond donors (Lipinski definition) is 0. The van der Waals surface area contributed by atoms with Crippen LogP contribution in [0.5, 0.6) is 0 Å². The van der Waals surface area contributed by atoms with Gasteiger partial charge in [-0.2, -0.15) is 0 Å². The van der Waals surface area contributed by atoms with Crippen LogP contribution in [0.2, 0.25) is 0 Å². The molecule has 3 aliphatic carbocycles. The van der Waals surface area contributed by atoms with Gasteiger partial charge in [-0.3, -0.25) is 4.79 Å². The molecule has 1 unspecified atom stereocenters. The summed E-state index contributed by atoms with van der Waals surface area (Å²) in [4.78, 5) is 12.1. The van der Waals surface area contributed by atoms with Gasteiger partial charge in [0.25, 0.3) is 0 Å². The first-order chi connectivity index (χ1) is 8.86. The average molecular weight is 262 g/mol. The van der Waals surface area contributed by atoms with Crippen LogP contribution >= 0.6 is 0 Å². The molecule has 3 fully saturated rings. The van der Waals surface area contributed by atoms with E-state index in [1.807, 2.05) is 0 Å². The van der Waals surface area contributed by atoms with Crippen molar-refractivity contribution in [2.45, 2.75) is 79.1 Å². The quantitative estimate of drug-likeness (QED) is 0.685. The standard InChI is InChI=1S/C18H30O/c1-5-18(9-6-7-14(19)12-18)15-11-13-8-10-17(15,4)16(13,2)3/h13,15H,5-12H2,1-4H3/t13-,15-,17+,18?/m0/s1. The number of fused-ring (bicyclic) bond motifs is 2. The molecule has 3 rings (SSSR count). The lowest BCUT2D eigenvalue weighted by Crippen LogP contribution is -2.44. The fraction of sp³-hybridized carbons (Fsp3) is 0.944. The smallest absolute Gasteiger partial charge is 0.133 e. The van der Waals surface area contributed by atoms with Gasteiger partial charge in [-0.1, -0.05) is 27.7 Å². The monoisotopic (exact) mass is 262 g/mol. The molecule has 0 saturated heterocycles. The van der Waals surface area contributed by atoms with Gasteiger partial charge in [-0.25, -0.2) is 0 Å². The average Bonchev–Trinajstić information content (AvgIpc) is 2.71. The number of hydrogen-bond acceptors (Lipinski definition) is 1. The summed E-state index contributed by atoms with van der Waals surface area (Å²) < 4.78 is 0. The molecule has 4 atom stereocenters. The first kappa shape index (κ1) is 13.6. The minimum atomic E-state index is 0.344. The van der Waals surface area contributed by atoms with Gasteiger partial charge in [0, 0.05) is 12.8 Å². The second kappa shape index (κ2) is 4.09. The number of carbonyl (C=O) groups excluding carboxylic acids is 1. The van der Waals surface area contributed by atoms with Gasteiger partial charge in [-0.05, 0) is 66.6 Å². The van der Waals surface area contributed by atoms with Crippen LogP contribution in [0.4, 0.5) is 0 Å². The second-order valence-corrected chi connectivity index (χ2v) is 8.45. The second-order valence-electron chi connectivity index (χ2n) is 8.45. The molecule has 0 radical (unpaired) electrons. The Morgan fingerprint density at radius 2 is 1.95 bits per heavy atom. The van der Waals surface area contributed by atoms with E-state index < -0.39 is 0 Å². The zero-order chi connectivity index (χ0) is 13.9. The summed E-state index contributed by atoms with van der Waals surface area (Å²) in [5, 5.41) is 0. The largest absolute Gasteiger partial charge is 0.300 e. The molecule has 3 aliphatic rings. The number of ketones is 1. The van der Waals surface area contributed by atoms with Crippen LogP contribution < -0.4 is 0 Å². The van der Waals surface area contributed by atoms with Crippen molar-refractivity contribution < 1.29 is 4.79 Å². The van der Waals surface area contributed by atoms with E-state index in [2.05, 4.69) is 27.7 Å². The summed E-state index contributed by atoms with van der Waals surface area (Å²) >= 11 is 0. The maximum Gasteiger partial charge on any atom is 0.133 e. The van der Waals surface area contributed by atoms with E-state index in [0.717, 1.165) is 31.1 Å². The van der Waals surface area contributed by atoms with E-state index in [1.54, 1.807) is 0 Å². The lowest BCUT2D eigenvalue weighted by molar-refractivity contribution is -0.128. The number of rotatable bonds is 2. The Hall–Kier alpha value is -0.330. The fourth-order valence-electron chi connectivity index (χ4n) is 6.18. The Kier molecular flexibility index (Phi) is 2.93. The SMILES string of the molecule is CCC1([C@H]2C[C@@H]3CC[C@@]2(C)C3(C)C)CCCC(=O)C1. The molecule has 1 heteroatoms. The number of Topliss-reactive ketones (excluding diaryl/α,β-unsaturated/α-hetero) is 1. The molecule has 19 heavy (non-hydrogen) atoms. The Morgan fingerprint density at radius 1 is 1.21 bits per heavy atom. The Labute approximate surface area is 118 Å². The molecule has 0 N–H and O–H groups in total. The third-order valence-corrected chi connectivity index (χ3v) is 7.92. The number of carbonyl (C=O) groups is 1. The maximum atomic E-state index is 12.1. The summed E-state index contributed by atoms with van der Waals surface area (Å²) in [5.41, 5.74) is 1.31. The summed E-state index contributed by atoms with van der Waals surface area (Å²) in [6, 6.07) is 0. The van der Waals surface area contributed by atoms with E-state index in [4.69, 9.17) is 0 Å². The molecule has 3 saturated carbocycles. The summed E-state index contributed by atoms with van der Waals surface area (Å²) in [6.07, 6.45) is 9.60. The molecule has 0 aromatic rings. The third kappa shape index (κ3) is 1.63. The molecule has 0 heterocycles. The van der Waals surface area contributed by atoms with Crippen molar-refractivity contribution in [3.63, 3.8) is 0 Å². The minimum absolute atomic E-state index is 0.344. The molecular formula is C18H30O. The highest BCUT2D eigenvalue weighted by molar-refractivity contribution is 5.80. The van der Waals surface area contributed by atoms with Crippen molar-refractivity contribution in [1.82, 2.24) is 0 Å². The Balaban J connectivity index is 1.96. The van der Waals surface area contributed by atoms with E-state index in [9.17, 15) is 4.79 Å². The lowest BCUT2D eigenvalue weighted by atomic mass is 9.53. The van der Waals surface area contributed by atoms with Gasteiger partial charge in [0.15, 0.2) is 0 Å². The van der Waals surface area contributed by atoms with Crippen molar-refractivity contribution in [3.8, 4) is 0 Å². The lowest BCUT2D eigenvalue weighted by Gasteiger charge is -2.51. The minimum Gasteiger partial charge on any atom is -0.300 e. The molecular weight excluding hydrogens is 232 g/mol. The molecule has 108 valence electrons. The van der Waals surface area contributed by atoms with Crippen molar-refractivity contribution in [2.24, 2.45) is 28.1 Å². The van der Waals surface area contributed by atoms with Crippen molar-refractivity contribution in [2.75, 3.05) is 0 Å². The van der Waals surface area contributed by atoms with E-state index >= 15 is 0 Å².